The van der Waals surface area contributed by atoms with E-state index in [0.717, 1.165) is 49.4 Å². The number of aromatic nitrogens is 2. The van der Waals surface area contributed by atoms with E-state index in [9.17, 15) is 9.59 Å². The van der Waals surface area contributed by atoms with E-state index in [-0.39, 0.29) is 29.8 Å². The van der Waals surface area contributed by atoms with Gasteiger partial charge in [-0.3, -0.25) is 9.48 Å². The van der Waals surface area contributed by atoms with Gasteiger partial charge in [-0.1, -0.05) is 19.9 Å². The molecule has 3 heterocycles. The number of esters is 1. The zero-order valence-corrected chi connectivity index (χ0v) is 19.7. The highest BCUT2D eigenvalue weighted by Gasteiger charge is 2.39. The summed E-state index contributed by atoms with van der Waals surface area (Å²) in [6, 6.07) is 6.93. The molecule has 1 amide bonds. The van der Waals surface area contributed by atoms with Gasteiger partial charge in [0.05, 0.1) is 36.2 Å². The number of benzene rings is 1. The number of aryl methyl sites for hydroxylation is 1. The van der Waals surface area contributed by atoms with Crippen LogP contribution in [0.15, 0.2) is 24.3 Å². The maximum absolute atomic E-state index is 13.0. The third-order valence-corrected chi connectivity index (χ3v) is 6.70. The Kier molecular flexibility index (Phi) is 7.02. The van der Waals surface area contributed by atoms with E-state index in [1.54, 1.807) is 31.4 Å². The number of hydrogen-bond acceptors (Lipinski definition) is 6. The van der Waals surface area contributed by atoms with E-state index < -0.39 is 0 Å². The summed E-state index contributed by atoms with van der Waals surface area (Å²) >= 11 is 0. The number of nitrogens with one attached hydrogen (secondary N) is 1. The number of nitrogens with zero attached hydrogens (tertiary/aromatic N) is 2. The van der Waals surface area contributed by atoms with Crippen LogP contribution >= 0.6 is 0 Å². The quantitative estimate of drug-likeness (QED) is 0.646. The van der Waals surface area contributed by atoms with E-state index in [2.05, 4.69) is 5.32 Å². The Morgan fingerprint density at radius 2 is 2.12 bits per heavy atom. The molecule has 0 bridgehead atoms. The molecule has 0 aliphatic carbocycles. The number of rotatable bonds is 7. The highest BCUT2D eigenvalue weighted by molar-refractivity contribution is 5.97. The second-order valence-corrected chi connectivity index (χ2v) is 9.21. The molecule has 1 atom stereocenters. The largest absolute Gasteiger partial charge is 0.497 e. The summed E-state index contributed by atoms with van der Waals surface area (Å²) in [5.74, 6) is 0.234. The van der Waals surface area contributed by atoms with Crippen LogP contribution in [0.25, 0.3) is 0 Å². The molecular weight excluding hydrogens is 422 g/mol. The predicted molar refractivity (Wildman–Crippen MR) is 123 cm³/mol. The van der Waals surface area contributed by atoms with Crippen LogP contribution < -0.4 is 10.1 Å². The number of carbonyl (C=O) groups excluding carboxylic acids is 2. The Labute approximate surface area is 194 Å². The lowest BCUT2D eigenvalue weighted by atomic mass is 9.76. The van der Waals surface area contributed by atoms with Crippen molar-refractivity contribution in [2.45, 2.75) is 46.1 Å². The van der Waals surface area contributed by atoms with Crippen molar-refractivity contribution in [1.29, 1.82) is 0 Å². The predicted octanol–water partition coefficient (Wildman–Crippen LogP) is 3.03. The monoisotopic (exact) mass is 455 g/mol. The van der Waals surface area contributed by atoms with E-state index in [4.69, 9.17) is 19.3 Å². The van der Waals surface area contributed by atoms with Crippen LogP contribution in [0.5, 0.6) is 5.75 Å². The molecule has 1 fully saturated rings. The molecular formula is C25H33N3O5. The van der Waals surface area contributed by atoms with Gasteiger partial charge in [0.2, 0.25) is 0 Å². The standard InChI is InChI=1S/C25H33N3O5/c1-4-20-22-21(13-25(16-26-23(22)29)8-10-32-11-9-25)28(27-20)14-17(2)15-33-24(30)18-6-5-7-19(12-18)31-3/h5-7,12,17H,4,8-11,13-16H2,1-3H3,(H,26,29)/t17-/m1/s1. The first kappa shape index (κ1) is 23.3. The number of ether oxygens (including phenoxy) is 3. The van der Waals surface area contributed by atoms with Crippen LogP contribution in [0.2, 0.25) is 0 Å². The van der Waals surface area contributed by atoms with Gasteiger partial charge >= 0.3 is 5.97 Å². The summed E-state index contributed by atoms with van der Waals surface area (Å²) in [6.45, 7) is 6.99. The van der Waals surface area contributed by atoms with Gasteiger partial charge in [0, 0.05) is 32.2 Å². The number of amides is 1. The van der Waals surface area contributed by atoms with Crippen LogP contribution in [0, 0.1) is 11.3 Å². The van der Waals surface area contributed by atoms with Gasteiger partial charge in [0.15, 0.2) is 0 Å². The molecule has 1 saturated heterocycles. The molecule has 33 heavy (non-hydrogen) atoms. The minimum atomic E-state index is -0.380. The van der Waals surface area contributed by atoms with Crippen molar-refractivity contribution < 1.29 is 23.8 Å². The summed E-state index contributed by atoms with van der Waals surface area (Å²) in [5, 5.41) is 7.94. The summed E-state index contributed by atoms with van der Waals surface area (Å²) in [7, 11) is 1.56. The first-order valence-corrected chi connectivity index (χ1v) is 11.7. The molecule has 0 saturated carbocycles. The first-order valence-electron chi connectivity index (χ1n) is 11.7. The third kappa shape index (κ3) is 5.05. The normalized spacial score (nSPS) is 18.2. The van der Waals surface area contributed by atoms with Crippen molar-refractivity contribution in [1.82, 2.24) is 15.1 Å². The van der Waals surface area contributed by atoms with E-state index >= 15 is 0 Å². The fraction of sp³-hybridized carbons (Fsp3) is 0.560. The van der Waals surface area contributed by atoms with Gasteiger partial charge in [-0.05, 0) is 49.3 Å². The number of methoxy groups -OCH3 is 1. The Morgan fingerprint density at radius 1 is 1.33 bits per heavy atom. The Balaban J connectivity index is 1.48. The lowest BCUT2D eigenvalue weighted by molar-refractivity contribution is 0.0151. The van der Waals surface area contributed by atoms with E-state index in [1.807, 2.05) is 18.5 Å². The van der Waals surface area contributed by atoms with Crippen molar-refractivity contribution in [3.8, 4) is 5.75 Å². The molecule has 2 aromatic rings. The minimum absolute atomic E-state index is 0.00399. The SMILES string of the molecule is CCc1nn(C[C@@H](C)COC(=O)c2cccc(OC)c2)c2c1C(=O)NCC1(CCOCC1)C2. The van der Waals surface area contributed by atoms with Crippen LogP contribution in [0.3, 0.4) is 0 Å². The highest BCUT2D eigenvalue weighted by atomic mass is 16.5. The average Bonchev–Trinajstić information content (AvgIpc) is 3.10. The van der Waals surface area contributed by atoms with Crippen LogP contribution in [0.1, 0.15) is 58.8 Å². The third-order valence-electron chi connectivity index (χ3n) is 6.70. The molecule has 1 aromatic carbocycles. The van der Waals surface area contributed by atoms with Crippen LogP contribution in [-0.4, -0.2) is 55.1 Å². The van der Waals surface area contributed by atoms with Gasteiger partial charge in [-0.15, -0.1) is 0 Å². The van der Waals surface area contributed by atoms with Crippen LogP contribution in [0.4, 0.5) is 0 Å². The van der Waals surface area contributed by atoms with Crippen molar-refractivity contribution >= 4 is 11.9 Å². The van der Waals surface area contributed by atoms with Crippen LogP contribution in [-0.2, 0) is 28.9 Å². The van der Waals surface area contributed by atoms with E-state index in [1.165, 1.54) is 0 Å². The average molecular weight is 456 g/mol. The molecule has 178 valence electrons. The van der Waals surface area contributed by atoms with Crippen molar-refractivity contribution in [2.75, 3.05) is 33.5 Å². The zero-order chi connectivity index (χ0) is 23.4. The Hall–Kier alpha value is -2.87. The number of hydrogen-bond donors (Lipinski definition) is 1. The van der Waals surface area contributed by atoms with Crippen molar-refractivity contribution in [3.05, 3.63) is 46.8 Å². The Morgan fingerprint density at radius 3 is 2.85 bits per heavy atom. The molecule has 1 N–H and O–H groups in total. The van der Waals surface area contributed by atoms with Gasteiger partial charge in [0.25, 0.3) is 5.91 Å². The minimum Gasteiger partial charge on any atom is -0.497 e. The fourth-order valence-electron chi connectivity index (χ4n) is 4.72. The molecule has 2 aliphatic heterocycles. The molecule has 1 spiro atoms. The maximum Gasteiger partial charge on any atom is 0.338 e. The molecule has 1 aromatic heterocycles. The van der Waals surface area contributed by atoms with E-state index in [0.29, 0.717) is 30.8 Å². The fourth-order valence-corrected chi connectivity index (χ4v) is 4.72. The van der Waals surface area contributed by atoms with Gasteiger partial charge < -0.3 is 19.5 Å². The highest BCUT2D eigenvalue weighted by Crippen LogP contribution is 2.37. The number of carbonyl (C=O) groups is 2. The zero-order valence-electron chi connectivity index (χ0n) is 19.7. The van der Waals surface area contributed by atoms with Gasteiger partial charge in [0.1, 0.15) is 5.75 Å². The summed E-state index contributed by atoms with van der Waals surface area (Å²) in [4.78, 5) is 25.4. The summed E-state index contributed by atoms with van der Waals surface area (Å²) in [6.07, 6.45) is 3.34. The molecule has 0 radical (unpaired) electrons. The lowest BCUT2D eigenvalue weighted by Gasteiger charge is -2.36. The molecule has 0 unspecified atom stereocenters. The second-order valence-electron chi connectivity index (χ2n) is 9.21. The molecule has 2 aliphatic rings. The smallest absolute Gasteiger partial charge is 0.338 e. The number of fused-ring (bicyclic) bond motifs is 1. The van der Waals surface area contributed by atoms with Crippen molar-refractivity contribution in [3.63, 3.8) is 0 Å². The molecule has 4 rings (SSSR count). The van der Waals surface area contributed by atoms with Crippen molar-refractivity contribution in [2.24, 2.45) is 11.3 Å². The molecule has 8 nitrogen and oxygen atoms in total. The van der Waals surface area contributed by atoms with Gasteiger partial charge in [-0.25, -0.2) is 4.79 Å². The summed E-state index contributed by atoms with van der Waals surface area (Å²) in [5.41, 5.74) is 3.01. The maximum atomic E-state index is 13.0. The summed E-state index contributed by atoms with van der Waals surface area (Å²) < 4.78 is 18.3. The lowest BCUT2D eigenvalue weighted by Crippen LogP contribution is -2.41. The first-order chi connectivity index (χ1) is 15.9. The Bertz CT molecular complexity index is 1010. The second kappa shape index (κ2) is 9.95. The van der Waals surface area contributed by atoms with Gasteiger partial charge in [-0.2, -0.15) is 5.10 Å². The molecule has 8 heteroatoms. The topological polar surface area (TPSA) is 91.7 Å².